The average molecular weight is 614 g/mol. The summed E-state index contributed by atoms with van der Waals surface area (Å²) in [6.07, 6.45) is 3.80. The van der Waals surface area contributed by atoms with Gasteiger partial charge in [-0.15, -0.1) is 16.4 Å². The van der Waals surface area contributed by atoms with Gasteiger partial charge in [-0.1, -0.05) is 12.1 Å². The molecule has 2 heterocycles. The molecule has 15 heteroatoms. The predicted molar refractivity (Wildman–Crippen MR) is 156 cm³/mol. The van der Waals surface area contributed by atoms with E-state index in [2.05, 4.69) is 25.9 Å². The van der Waals surface area contributed by atoms with Crippen molar-refractivity contribution in [2.75, 3.05) is 31.6 Å². The fourth-order valence-electron chi connectivity index (χ4n) is 4.05. The number of halogens is 1. The van der Waals surface area contributed by atoms with Gasteiger partial charge in [0.25, 0.3) is 0 Å². The lowest BCUT2D eigenvalue weighted by atomic mass is 10.00. The summed E-state index contributed by atoms with van der Waals surface area (Å²) in [4.78, 5) is 28.2. The molecule has 4 aromatic rings. The molecule has 0 radical (unpaired) electrons. The number of rotatable bonds is 16. The summed E-state index contributed by atoms with van der Waals surface area (Å²) in [7, 11) is 0. The van der Waals surface area contributed by atoms with Crippen molar-refractivity contribution in [3.63, 3.8) is 0 Å². The molecule has 0 aliphatic heterocycles. The number of thiazole rings is 1. The molecule has 0 saturated heterocycles. The van der Waals surface area contributed by atoms with Crippen molar-refractivity contribution in [2.45, 2.75) is 32.4 Å². The molecule has 13 nitrogen and oxygen atoms in total. The van der Waals surface area contributed by atoms with Gasteiger partial charge in [-0.2, -0.15) is 0 Å². The number of hydrogen-bond acceptors (Lipinski definition) is 11. The van der Waals surface area contributed by atoms with Crippen molar-refractivity contribution in [1.29, 1.82) is 0 Å². The van der Waals surface area contributed by atoms with Crippen LogP contribution in [-0.4, -0.2) is 68.4 Å². The molecule has 1 amide bonds. The number of nitrogens with one attached hydrogen (secondary N) is 2. The maximum absolute atomic E-state index is 14.5. The lowest BCUT2D eigenvalue weighted by Gasteiger charge is -2.18. The van der Waals surface area contributed by atoms with E-state index in [1.807, 2.05) is 6.92 Å². The number of likely N-dealkylation sites (N-methyl/N-ethyl adjacent to an activating group) is 1. The number of aromatic nitrogens is 4. The molecule has 228 valence electrons. The molecule has 2 aromatic heterocycles. The number of carboxylic acid groups (broad SMARTS) is 1. The SMILES string of the molecule is CCNCCc1cc(OCCn2cc(C(N)CO)nn2)c(Oc2ccc(C(=O)O)c(F)c2)cc1CC(=O)Nc1nccs1. The summed E-state index contributed by atoms with van der Waals surface area (Å²) in [5.74, 6) is -2.06. The van der Waals surface area contributed by atoms with E-state index in [-0.39, 0.29) is 43.6 Å². The van der Waals surface area contributed by atoms with Gasteiger partial charge in [-0.25, -0.2) is 18.9 Å². The number of aliphatic hydroxyl groups excluding tert-OH is 1. The van der Waals surface area contributed by atoms with Crippen LogP contribution in [0.1, 0.15) is 40.1 Å². The molecular formula is C28H32FN7O6S. The molecule has 1 unspecified atom stereocenters. The number of benzene rings is 2. The van der Waals surface area contributed by atoms with Crippen LogP contribution in [0, 0.1) is 5.82 Å². The highest BCUT2D eigenvalue weighted by molar-refractivity contribution is 7.13. The Hall–Kier alpha value is -4.44. The normalized spacial score (nSPS) is 11.7. The number of carbonyl (C=O) groups is 2. The maximum Gasteiger partial charge on any atom is 0.338 e. The van der Waals surface area contributed by atoms with E-state index in [4.69, 9.17) is 15.2 Å². The number of nitrogens with zero attached hydrogens (tertiary/aromatic N) is 4. The number of aromatic carboxylic acids is 1. The molecule has 0 aliphatic rings. The number of anilines is 1. The Balaban J connectivity index is 1.62. The standard InChI is InChI=1S/C28H32FN7O6S/c1-2-31-6-5-17-11-24(41-9-8-36-15-23(34-35-36)22(30)16-37)25(42-19-3-4-20(27(39)40)21(29)14-19)12-18(17)13-26(38)33-28-32-7-10-43-28/h3-4,7,10-12,14-15,22,31,37H,2,5-6,8-9,13,16,30H2,1H3,(H,39,40)(H,32,33,38). The monoisotopic (exact) mass is 613 g/mol. The fraction of sp³-hybridized carbons (Fsp3) is 0.321. The third-order valence-electron chi connectivity index (χ3n) is 6.23. The second-order valence-corrected chi connectivity index (χ2v) is 10.2. The van der Waals surface area contributed by atoms with Gasteiger partial charge >= 0.3 is 5.97 Å². The molecule has 0 saturated carbocycles. The highest BCUT2D eigenvalue weighted by Gasteiger charge is 2.18. The van der Waals surface area contributed by atoms with Crippen molar-refractivity contribution in [3.05, 3.63) is 76.3 Å². The number of hydrogen-bond donors (Lipinski definition) is 5. The van der Waals surface area contributed by atoms with E-state index in [0.717, 1.165) is 24.2 Å². The second-order valence-electron chi connectivity index (χ2n) is 9.33. The molecule has 0 bridgehead atoms. The quantitative estimate of drug-likeness (QED) is 0.117. The summed E-state index contributed by atoms with van der Waals surface area (Å²) in [5.41, 5.74) is 7.24. The lowest BCUT2D eigenvalue weighted by Crippen LogP contribution is -2.19. The summed E-state index contributed by atoms with van der Waals surface area (Å²) < 4.78 is 28.0. The van der Waals surface area contributed by atoms with E-state index in [0.29, 0.717) is 35.1 Å². The van der Waals surface area contributed by atoms with Gasteiger partial charge < -0.3 is 36.1 Å². The van der Waals surface area contributed by atoms with Gasteiger partial charge in [0.15, 0.2) is 16.6 Å². The molecule has 4 rings (SSSR count). The first kappa shape index (κ1) is 31.5. The van der Waals surface area contributed by atoms with E-state index >= 15 is 0 Å². The summed E-state index contributed by atoms with van der Waals surface area (Å²) in [6.45, 7) is 3.56. The van der Waals surface area contributed by atoms with Crippen LogP contribution in [0.3, 0.4) is 0 Å². The molecule has 2 aromatic carbocycles. The highest BCUT2D eigenvalue weighted by atomic mass is 32.1. The first-order chi connectivity index (χ1) is 20.8. The van der Waals surface area contributed by atoms with Crippen LogP contribution in [0.15, 0.2) is 48.1 Å². The molecular weight excluding hydrogens is 581 g/mol. The van der Waals surface area contributed by atoms with Crippen LogP contribution >= 0.6 is 11.3 Å². The number of carbonyl (C=O) groups excluding carboxylic acids is 1. The zero-order valence-electron chi connectivity index (χ0n) is 23.3. The summed E-state index contributed by atoms with van der Waals surface area (Å²) in [6, 6.07) is 6.21. The molecule has 0 fully saturated rings. The Morgan fingerprint density at radius 2 is 2.02 bits per heavy atom. The minimum Gasteiger partial charge on any atom is -0.488 e. The van der Waals surface area contributed by atoms with Crippen LogP contribution in [0.4, 0.5) is 9.52 Å². The number of nitrogens with two attached hydrogens (primary N) is 1. The number of aliphatic hydroxyl groups is 1. The van der Waals surface area contributed by atoms with Crippen LogP contribution in [0.25, 0.3) is 0 Å². The van der Waals surface area contributed by atoms with E-state index in [1.165, 1.54) is 22.1 Å². The van der Waals surface area contributed by atoms with Crippen molar-refractivity contribution in [2.24, 2.45) is 5.73 Å². The van der Waals surface area contributed by atoms with Crippen LogP contribution in [0.2, 0.25) is 0 Å². The topological polar surface area (TPSA) is 187 Å². The smallest absolute Gasteiger partial charge is 0.338 e. The summed E-state index contributed by atoms with van der Waals surface area (Å²) in [5, 5.41) is 34.7. The van der Waals surface area contributed by atoms with Crippen molar-refractivity contribution < 1.29 is 33.7 Å². The van der Waals surface area contributed by atoms with Gasteiger partial charge in [0.1, 0.15) is 23.9 Å². The lowest BCUT2D eigenvalue weighted by molar-refractivity contribution is -0.115. The molecule has 0 spiro atoms. The fourth-order valence-corrected chi connectivity index (χ4v) is 4.60. The van der Waals surface area contributed by atoms with Gasteiger partial charge in [0, 0.05) is 17.6 Å². The zero-order chi connectivity index (χ0) is 30.8. The molecule has 1 atom stereocenters. The number of amides is 1. The van der Waals surface area contributed by atoms with Crippen molar-refractivity contribution in [1.82, 2.24) is 25.3 Å². The van der Waals surface area contributed by atoms with Gasteiger partial charge in [0.2, 0.25) is 5.91 Å². The molecule has 43 heavy (non-hydrogen) atoms. The number of carboxylic acids is 1. The zero-order valence-corrected chi connectivity index (χ0v) is 24.1. The Morgan fingerprint density at radius 3 is 2.72 bits per heavy atom. The third kappa shape index (κ3) is 8.78. The third-order valence-corrected chi connectivity index (χ3v) is 6.91. The first-order valence-electron chi connectivity index (χ1n) is 13.4. The first-order valence-corrected chi connectivity index (χ1v) is 14.3. The van der Waals surface area contributed by atoms with Crippen LogP contribution in [-0.2, 0) is 24.2 Å². The Bertz CT molecular complexity index is 1530. The van der Waals surface area contributed by atoms with E-state index in [9.17, 15) is 24.2 Å². The van der Waals surface area contributed by atoms with Crippen LogP contribution in [0.5, 0.6) is 17.2 Å². The Morgan fingerprint density at radius 1 is 1.21 bits per heavy atom. The summed E-state index contributed by atoms with van der Waals surface area (Å²) >= 11 is 1.30. The average Bonchev–Trinajstić information content (AvgIpc) is 3.67. The molecule has 6 N–H and O–H groups in total. The van der Waals surface area contributed by atoms with Gasteiger partial charge in [0.05, 0.1) is 37.4 Å². The number of ether oxygens (including phenoxy) is 2. The maximum atomic E-state index is 14.5. The largest absolute Gasteiger partial charge is 0.488 e. The minimum absolute atomic E-state index is 0.0108. The van der Waals surface area contributed by atoms with Gasteiger partial charge in [-0.05, 0) is 54.9 Å². The van der Waals surface area contributed by atoms with Crippen molar-refractivity contribution >= 4 is 28.3 Å². The highest BCUT2D eigenvalue weighted by Crippen LogP contribution is 2.36. The van der Waals surface area contributed by atoms with E-state index < -0.39 is 23.4 Å². The Labute approximate surface area is 250 Å². The Kier molecular flexibility index (Phi) is 11.1. The minimum atomic E-state index is -1.40. The van der Waals surface area contributed by atoms with Crippen molar-refractivity contribution in [3.8, 4) is 17.2 Å². The van der Waals surface area contributed by atoms with Gasteiger partial charge in [-0.3, -0.25) is 4.79 Å². The second kappa shape index (κ2) is 15.2. The van der Waals surface area contributed by atoms with Crippen LogP contribution < -0.4 is 25.8 Å². The predicted octanol–water partition coefficient (Wildman–Crippen LogP) is 2.77. The molecule has 0 aliphatic carbocycles. The van der Waals surface area contributed by atoms with E-state index in [1.54, 1.807) is 29.9 Å².